The summed E-state index contributed by atoms with van der Waals surface area (Å²) >= 11 is 11.6. The topological polar surface area (TPSA) is 29.5 Å². The van der Waals surface area contributed by atoms with Gasteiger partial charge in [0.2, 0.25) is 0 Å². The van der Waals surface area contributed by atoms with Crippen molar-refractivity contribution in [1.29, 1.82) is 0 Å². The van der Waals surface area contributed by atoms with Gasteiger partial charge in [0.05, 0.1) is 15.6 Å². The lowest BCUT2D eigenvalue weighted by atomic mass is 10.2. The van der Waals surface area contributed by atoms with Crippen LogP contribution < -0.4 is 4.74 Å². The van der Waals surface area contributed by atoms with Crippen LogP contribution in [0, 0.1) is 6.92 Å². The molecule has 0 spiro atoms. The van der Waals surface area contributed by atoms with Crippen molar-refractivity contribution in [1.82, 2.24) is 0 Å². The number of hydrogen-bond acceptors (Lipinski definition) is 2. The molecular formula is C14H9Cl2F3O2. The number of benzene rings is 2. The van der Waals surface area contributed by atoms with Crippen LogP contribution in [0.3, 0.4) is 0 Å². The molecule has 0 fully saturated rings. The highest BCUT2D eigenvalue weighted by Crippen LogP contribution is 2.42. The predicted molar refractivity (Wildman–Crippen MR) is 74.4 cm³/mol. The van der Waals surface area contributed by atoms with E-state index in [1.165, 1.54) is 18.2 Å². The first-order chi connectivity index (χ1) is 9.68. The van der Waals surface area contributed by atoms with Crippen molar-refractivity contribution in [3.05, 3.63) is 51.5 Å². The van der Waals surface area contributed by atoms with Crippen LogP contribution in [0.2, 0.25) is 10.0 Å². The number of aromatic hydroxyl groups is 1. The van der Waals surface area contributed by atoms with Crippen LogP contribution in [-0.4, -0.2) is 5.11 Å². The fourth-order valence-corrected chi connectivity index (χ4v) is 2.19. The Morgan fingerprint density at radius 1 is 1.05 bits per heavy atom. The number of ether oxygens (including phenoxy) is 1. The van der Waals surface area contributed by atoms with Crippen molar-refractivity contribution in [2.45, 2.75) is 13.1 Å². The van der Waals surface area contributed by atoms with E-state index < -0.39 is 11.7 Å². The molecule has 1 N–H and O–H groups in total. The van der Waals surface area contributed by atoms with Crippen molar-refractivity contribution in [3.8, 4) is 17.2 Å². The maximum Gasteiger partial charge on any atom is 0.416 e. The summed E-state index contributed by atoms with van der Waals surface area (Å²) < 4.78 is 43.3. The first-order valence-corrected chi connectivity index (χ1v) is 6.48. The summed E-state index contributed by atoms with van der Waals surface area (Å²) in [6.45, 7) is 1.65. The fraction of sp³-hybridized carbons (Fsp3) is 0.143. The number of aryl methyl sites for hydroxylation is 1. The minimum absolute atomic E-state index is 0.0728. The second-order valence-electron chi connectivity index (χ2n) is 4.32. The van der Waals surface area contributed by atoms with Crippen LogP contribution in [0.1, 0.15) is 11.1 Å². The van der Waals surface area contributed by atoms with Gasteiger partial charge in [-0.25, -0.2) is 0 Å². The molecule has 0 bridgehead atoms. The molecule has 0 aliphatic carbocycles. The van der Waals surface area contributed by atoms with Crippen molar-refractivity contribution >= 4 is 23.2 Å². The molecule has 2 nitrogen and oxygen atoms in total. The second kappa shape index (κ2) is 5.66. The lowest BCUT2D eigenvalue weighted by molar-refractivity contribution is -0.137. The van der Waals surface area contributed by atoms with Crippen molar-refractivity contribution < 1.29 is 23.0 Å². The molecule has 0 amide bonds. The highest BCUT2D eigenvalue weighted by atomic mass is 35.5. The van der Waals surface area contributed by atoms with Gasteiger partial charge in [-0.1, -0.05) is 23.2 Å². The van der Waals surface area contributed by atoms with Crippen LogP contribution in [0.25, 0.3) is 0 Å². The van der Waals surface area contributed by atoms with Crippen LogP contribution >= 0.6 is 23.2 Å². The average molecular weight is 337 g/mol. The van der Waals surface area contributed by atoms with E-state index in [0.29, 0.717) is 11.3 Å². The molecule has 2 aromatic rings. The molecule has 0 atom stereocenters. The van der Waals surface area contributed by atoms with Gasteiger partial charge in [-0.15, -0.1) is 0 Å². The van der Waals surface area contributed by atoms with Gasteiger partial charge in [0.1, 0.15) is 11.5 Å². The lowest BCUT2D eigenvalue weighted by Gasteiger charge is -2.13. The molecule has 0 unspecified atom stereocenters. The van der Waals surface area contributed by atoms with Crippen LogP contribution in [0.15, 0.2) is 30.3 Å². The Kier molecular flexibility index (Phi) is 4.25. The van der Waals surface area contributed by atoms with E-state index in [1.807, 2.05) is 0 Å². The highest BCUT2D eigenvalue weighted by Gasteiger charge is 2.32. The summed E-state index contributed by atoms with van der Waals surface area (Å²) in [7, 11) is 0. The summed E-state index contributed by atoms with van der Waals surface area (Å²) in [5.74, 6) is 0.303. The van der Waals surface area contributed by atoms with Crippen molar-refractivity contribution in [3.63, 3.8) is 0 Å². The molecule has 0 saturated heterocycles. The van der Waals surface area contributed by atoms with Gasteiger partial charge in [0.15, 0.2) is 5.75 Å². The number of phenolic OH excluding ortho intramolecular Hbond substituents is 1. The van der Waals surface area contributed by atoms with Gasteiger partial charge in [-0.05, 0) is 42.8 Å². The number of rotatable bonds is 2. The maximum absolute atomic E-state index is 12.6. The summed E-state index contributed by atoms with van der Waals surface area (Å²) in [4.78, 5) is 0. The Morgan fingerprint density at radius 2 is 1.62 bits per heavy atom. The van der Waals surface area contributed by atoms with E-state index in [-0.39, 0.29) is 21.5 Å². The Labute approximate surface area is 128 Å². The minimum atomic E-state index is -4.54. The third-order valence-corrected chi connectivity index (χ3v) is 3.28. The van der Waals surface area contributed by atoms with Gasteiger partial charge in [-0.3, -0.25) is 0 Å². The van der Waals surface area contributed by atoms with Crippen LogP contribution in [-0.2, 0) is 6.18 Å². The molecule has 2 aromatic carbocycles. The molecule has 21 heavy (non-hydrogen) atoms. The monoisotopic (exact) mass is 336 g/mol. The highest BCUT2D eigenvalue weighted by molar-refractivity contribution is 6.37. The van der Waals surface area contributed by atoms with Gasteiger partial charge >= 0.3 is 6.18 Å². The quantitative estimate of drug-likeness (QED) is 0.748. The zero-order chi connectivity index (χ0) is 15.8. The van der Waals surface area contributed by atoms with Gasteiger partial charge in [0, 0.05) is 0 Å². The molecule has 112 valence electrons. The van der Waals surface area contributed by atoms with Crippen molar-refractivity contribution in [2.75, 3.05) is 0 Å². The molecule has 7 heteroatoms. The SMILES string of the molecule is Cc1cc(Oc2c(Cl)cc(C(F)(F)F)cc2Cl)ccc1O. The molecule has 0 aliphatic rings. The Morgan fingerprint density at radius 3 is 2.10 bits per heavy atom. The predicted octanol–water partition coefficient (Wildman–Crippen LogP) is 5.82. The summed E-state index contributed by atoms with van der Waals surface area (Å²) in [5.41, 5.74) is -0.404. The minimum Gasteiger partial charge on any atom is -0.508 e. The van der Waals surface area contributed by atoms with E-state index in [1.54, 1.807) is 6.92 Å². The average Bonchev–Trinajstić information content (AvgIpc) is 2.36. The maximum atomic E-state index is 12.6. The third-order valence-electron chi connectivity index (χ3n) is 2.71. The van der Waals surface area contributed by atoms with E-state index in [9.17, 15) is 18.3 Å². The zero-order valence-electron chi connectivity index (χ0n) is 10.6. The summed E-state index contributed by atoms with van der Waals surface area (Å²) in [6.07, 6.45) is -4.54. The van der Waals surface area contributed by atoms with Crippen LogP contribution in [0.5, 0.6) is 17.2 Å². The molecule has 0 aromatic heterocycles. The lowest BCUT2D eigenvalue weighted by Crippen LogP contribution is -2.05. The number of halogens is 5. The normalized spacial score (nSPS) is 11.5. The van der Waals surface area contributed by atoms with Gasteiger partial charge in [0.25, 0.3) is 0 Å². The third kappa shape index (κ3) is 3.54. The number of phenols is 1. The van der Waals surface area contributed by atoms with E-state index in [4.69, 9.17) is 27.9 Å². The number of hydrogen-bond donors (Lipinski definition) is 1. The first kappa shape index (κ1) is 15.8. The molecule has 0 aliphatic heterocycles. The molecular weight excluding hydrogens is 328 g/mol. The molecule has 0 saturated carbocycles. The van der Waals surface area contributed by atoms with Crippen molar-refractivity contribution in [2.24, 2.45) is 0 Å². The smallest absolute Gasteiger partial charge is 0.416 e. The Bertz CT molecular complexity index is 661. The van der Waals surface area contributed by atoms with E-state index >= 15 is 0 Å². The Hall–Kier alpha value is -1.59. The zero-order valence-corrected chi connectivity index (χ0v) is 12.1. The van der Waals surface area contributed by atoms with Crippen LogP contribution in [0.4, 0.5) is 13.2 Å². The summed E-state index contributed by atoms with van der Waals surface area (Å²) in [6, 6.07) is 5.86. The molecule has 0 heterocycles. The van der Waals surface area contributed by atoms with E-state index in [0.717, 1.165) is 12.1 Å². The molecule has 0 radical (unpaired) electrons. The largest absolute Gasteiger partial charge is 0.508 e. The molecule has 2 rings (SSSR count). The standard InChI is InChI=1S/C14H9Cl2F3O2/c1-7-4-9(2-3-12(7)20)21-13-10(15)5-8(6-11(13)16)14(17,18)19/h2-6,20H,1H3. The number of alkyl halides is 3. The summed E-state index contributed by atoms with van der Waals surface area (Å²) in [5, 5.41) is 8.91. The van der Waals surface area contributed by atoms with Gasteiger partial charge < -0.3 is 9.84 Å². The fourth-order valence-electron chi connectivity index (χ4n) is 1.63. The van der Waals surface area contributed by atoms with Gasteiger partial charge in [-0.2, -0.15) is 13.2 Å². The first-order valence-electron chi connectivity index (χ1n) is 5.72. The second-order valence-corrected chi connectivity index (χ2v) is 5.13. The van der Waals surface area contributed by atoms with E-state index in [2.05, 4.69) is 0 Å². The Balaban J connectivity index is 2.39.